The van der Waals surface area contributed by atoms with Gasteiger partial charge in [-0.3, -0.25) is 14.4 Å². The number of aliphatic hydroxyl groups is 1. The molecule has 1 fully saturated rings. The highest BCUT2D eigenvalue weighted by Gasteiger charge is 2.55. The first-order valence-electron chi connectivity index (χ1n) is 11.0. The van der Waals surface area contributed by atoms with Gasteiger partial charge in [0.1, 0.15) is 17.5 Å². The van der Waals surface area contributed by atoms with E-state index in [2.05, 4.69) is 10.6 Å². The molecule has 1 aliphatic carbocycles. The number of nitrogens with one attached hydrogen (secondary N) is 2. The topological polar surface area (TPSA) is 95.5 Å². The van der Waals surface area contributed by atoms with Crippen LogP contribution in [-0.2, 0) is 14.4 Å². The number of anilines is 2. The van der Waals surface area contributed by atoms with Gasteiger partial charge in [0.25, 0.3) is 0 Å². The predicted octanol–water partition coefficient (Wildman–Crippen LogP) is 4.14. The molecular formula is C27H25FN2O4. The number of amides is 2. The fourth-order valence-electron chi connectivity index (χ4n) is 4.66. The lowest BCUT2D eigenvalue weighted by Crippen LogP contribution is -2.56. The van der Waals surface area contributed by atoms with E-state index in [1.807, 2.05) is 0 Å². The maximum Gasteiger partial charge on any atom is 0.235 e. The minimum Gasteiger partial charge on any atom is -0.389 e. The van der Waals surface area contributed by atoms with Crippen molar-refractivity contribution >= 4 is 29.0 Å². The zero-order valence-electron chi connectivity index (χ0n) is 18.6. The standard InChI is InChI=1S/C27H25FN2O4/c1-27(34)16-21(31)23(25(32)29-19-8-4-2-5-9-19)22(17-12-14-18(28)15-13-17)24(27)26(33)30-20-10-6-3-7-11-20/h2-15,22-24,34H,16H2,1H3,(H,29,32)(H,30,33)/t22-,23+,24-,27+/m1/s1. The number of carbonyl (C=O) groups is 3. The number of ketones is 1. The van der Waals surface area contributed by atoms with Gasteiger partial charge >= 0.3 is 0 Å². The Morgan fingerprint density at radius 1 is 0.853 bits per heavy atom. The molecule has 6 nitrogen and oxygen atoms in total. The van der Waals surface area contributed by atoms with Crippen molar-refractivity contribution in [2.24, 2.45) is 11.8 Å². The number of benzene rings is 3. The lowest BCUT2D eigenvalue weighted by atomic mass is 9.61. The van der Waals surface area contributed by atoms with Crippen molar-refractivity contribution in [3.63, 3.8) is 0 Å². The predicted molar refractivity (Wildman–Crippen MR) is 127 cm³/mol. The Labute approximate surface area is 196 Å². The molecule has 34 heavy (non-hydrogen) atoms. The molecule has 0 saturated heterocycles. The van der Waals surface area contributed by atoms with Gasteiger partial charge in [0, 0.05) is 23.7 Å². The fraction of sp³-hybridized carbons (Fsp3) is 0.222. The lowest BCUT2D eigenvalue weighted by Gasteiger charge is -2.44. The number of hydrogen-bond acceptors (Lipinski definition) is 4. The van der Waals surface area contributed by atoms with Crippen molar-refractivity contribution in [2.45, 2.75) is 24.9 Å². The summed E-state index contributed by atoms with van der Waals surface area (Å²) in [6.07, 6.45) is -0.371. The third kappa shape index (κ3) is 4.89. The molecule has 0 spiro atoms. The molecule has 3 aromatic carbocycles. The number of halogens is 1. The average molecular weight is 461 g/mol. The summed E-state index contributed by atoms with van der Waals surface area (Å²) < 4.78 is 13.7. The summed E-state index contributed by atoms with van der Waals surface area (Å²) in [6, 6.07) is 22.7. The normalized spacial score (nSPS) is 24.3. The van der Waals surface area contributed by atoms with Crippen LogP contribution in [0, 0.1) is 17.7 Å². The summed E-state index contributed by atoms with van der Waals surface area (Å²) in [7, 11) is 0. The zero-order valence-corrected chi connectivity index (χ0v) is 18.6. The number of rotatable bonds is 5. The van der Waals surface area contributed by atoms with E-state index in [1.165, 1.54) is 31.2 Å². The van der Waals surface area contributed by atoms with Crippen LogP contribution in [0.3, 0.4) is 0 Å². The van der Waals surface area contributed by atoms with Crippen LogP contribution >= 0.6 is 0 Å². The minimum atomic E-state index is -1.72. The van der Waals surface area contributed by atoms with Crippen molar-refractivity contribution in [1.82, 2.24) is 0 Å². The molecular weight excluding hydrogens is 435 g/mol. The second-order valence-corrected chi connectivity index (χ2v) is 8.74. The van der Waals surface area contributed by atoms with E-state index in [-0.39, 0.29) is 6.42 Å². The summed E-state index contributed by atoms with van der Waals surface area (Å²) in [5.74, 6) is -5.51. The zero-order chi connectivity index (χ0) is 24.3. The molecule has 1 saturated carbocycles. The highest BCUT2D eigenvalue weighted by molar-refractivity contribution is 6.10. The number of hydrogen-bond donors (Lipinski definition) is 3. The van der Waals surface area contributed by atoms with Crippen LogP contribution in [0.15, 0.2) is 84.9 Å². The summed E-state index contributed by atoms with van der Waals surface area (Å²) >= 11 is 0. The van der Waals surface area contributed by atoms with Gasteiger partial charge in [-0.05, 0) is 48.9 Å². The van der Waals surface area contributed by atoms with E-state index < -0.39 is 46.8 Å². The summed E-state index contributed by atoms with van der Waals surface area (Å²) in [4.78, 5) is 40.0. The minimum absolute atomic E-state index is 0.371. The van der Waals surface area contributed by atoms with Crippen molar-refractivity contribution in [3.8, 4) is 0 Å². The maximum absolute atomic E-state index is 13.7. The molecule has 0 radical (unpaired) electrons. The number of Topliss-reactive ketones (excluding diaryl/α,β-unsaturated/α-hetero) is 1. The van der Waals surface area contributed by atoms with Gasteiger partial charge in [0.2, 0.25) is 11.8 Å². The second kappa shape index (κ2) is 9.57. The molecule has 4 atom stereocenters. The molecule has 2 amide bonds. The van der Waals surface area contributed by atoms with Crippen molar-refractivity contribution < 1.29 is 23.9 Å². The van der Waals surface area contributed by atoms with E-state index in [9.17, 15) is 23.9 Å². The van der Waals surface area contributed by atoms with Gasteiger partial charge in [-0.2, -0.15) is 0 Å². The monoisotopic (exact) mass is 460 g/mol. The fourth-order valence-corrected chi connectivity index (χ4v) is 4.66. The van der Waals surface area contributed by atoms with E-state index in [4.69, 9.17) is 0 Å². The number of para-hydroxylation sites is 2. The third-order valence-electron chi connectivity index (χ3n) is 6.17. The SMILES string of the molecule is C[C@]1(O)CC(=O)[C@H](C(=O)Nc2ccccc2)[C@@H](c2ccc(F)cc2)[C@@H]1C(=O)Nc1ccccc1. The van der Waals surface area contributed by atoms with Crippen LogP contribution in [0.4, 0.5) is 15.8 Å². The lowest BCUT2D eigenvalue weighted by molar-refractivity contribution is -0.150. The molecule has 0 aliphatic heterocycles. The summed E-state index contributed by atoms with van der Waals surface area (Å²) in [5, 5.41) is 16.8. The van der Waals surface area contributed by atoms with Gasteiger partial charge in [-0.15, -0.1) is 0 Å². The summed E-state index contributed by atoms with van der Waals surface area (Å²) in [6.45, 7) is 1.42. The Morgan fingerprint density at radius 2 is 1.35 bits per heavy atom. The number of carbonyl (C=O) groups excluding carboxylic acids is 3. The van der Waals surface area contributed by atoms with Crippen LogP contribution in [0.2, 0.25) is 0 Å². The van der Waals surface area contributed by atoms with Crippen LogP contribution in [0.5, 0.6) is 0 Å². The Kier molecular flexibility index (Phi) is 6.56. The van der Waals surface area contributed by atoms with Crippen molar-refractivity contribution in [3.05, 3.63) is 96.3 Å². The van der Waals surface area contributed by atoms with Gasteiger partial charge < -0.3 is 15.7 Å². The molecule has 0 heterocycles. The van der Waals surface area contributed by atoms with Crippen LogP contribution in [-0.4, -0.2) is 28.3 Å². The smallest absolute Gasteiger partial charge is 0.235 e. The first-order valence-corrected chi connectivity index (χ1v) is 11.0. The van der Waals surface area contributed by atoms with Gasteiger partial charge in [-0.1, -0.05) is 48.5 Å². The van der Waals surface area contributed by atoms with E-state index >= 15 is 0 Å². The second-order valence-electron chi connectivity index (χ2n) is 8.74. The quantitative estimate of drug-likeness (QED) is 0.499. The van der Waals surface area contributed by atoms with Crippen molar-refractivity contribution in [1.29, 1.82) is 0 Å². The van der Waals surface area contributed by atoms with E-state index in [1.54, 1.807) is 60.7 Å². The molecule has 0 unspecified atom stereocenters. The largest absolute Gasteiger partial charge is 0.389 e. The van der Waals surface area contributed by atoms with Crippen LogP contribution in [0.1, 0.15) is 24.8 Å². The molecule has 4 rings (SSSR count). The average Bonchev–Trinajstić information content (AvgIpc) is 2.79. The van der Waals surface area contributed by atoms with Crippen molar-refractivity contribution in [2.75, 3.05) is 10.6 Å². The van der Waals surface area contributed by atoms with E-state index in [0.29, 0.717) is 16.9 Å². The highest BCUT2D eigenvalue weighted by atomic mass is 19.1. The third-order valence-corrected chi connectivity index (χ3v) is 6.17. The molecule has 3 N–H and O–H groups in total. The Bertz CT molecular complexity index is 1180. The van der Waals surface area contributed by atoms with Crippen LogP contribution in [0.25, 0.3) is 0 Å². The van der Waals surface area contributed by atoms with E-state index in [0.717, 1.165) is 0 Å². The molecule has 1 aliphatic rings. The van der Waals surface area contributed by atoms with Crippen LogP contribution < -0.4 is 10.6 Å². The first kappa shape index (κ1) is 23.3. The highest BCUT2D eigenvalue weighted by Crippen LogP contribution is 2.46. The Morgan fingerprint density at radius 3 is 1.88 bits per heavy atom. The summed E-state index contributed by atoms with van der Waals surface area (Å²) in [5.41, 5.74) is -0.293. The molecule has 0 aromatic heterocycles. The molecule has 174 valence electrons. The molecule has 3 aromatic rings. The van der Waals surface area contributed by atoms with Gasteiger partial charge in [-0.25, -0.2) is 4.39 Å². The first-order chi connectivity index (χ1) is 16.3. The maximum atomic E-state index is 13.7. The van der Waals surface area contributed by atoms with Gasteiger partial charge in [0.15, 0.2) is 0 Å². The van der Waals surface area contributed by atoms with Gasteiger partial charge in [0.05, 0.1) is 11.5 Å². The molecule has 7 heteroatoms. The Balaban J connectivity index is 1.76. The Hall–Kier alpha value is -3.84. The molecule has 0 bridgehead atoms.